The summed E-state index contributed by atoms with van der Waals surface area (Å²) in [6.07, 6.45) is 1.59. The minimum Gasteiger partial charge on any atom is -0.463 e. The van der Waals surface area contributed by atoms with Crippen LogP contribution in [-0.2, 0) is 0 Å². The van der Waals surface area contributed by atoms with Gasteiger partial charge >= 0.3 is 0 Å². The average Bonchev–Trinajstić information content (AvgIpc) is 3.39. The first-order valence-electron chi connectivity index (χ1n) is 8.77. The van der Waals surface area contributed by atoms with Crippen molar-refractivity contribution in [2.24, 2.45) is 0 Å². The molecule has 5 nitrogen and oxygen atoms in total. The van der Waals surface area contributed by atoms with Crippen molar-refractivity contribution < 1.29 is 9.21 Å². The zero-order chi connectivity index (χ0) is 18.6. The SMILES string of the molecule is C[C@H](NC(=O)c1cc(-c2ccco2)nn1-c1ccccc1)c1ccccc1. The van der Waals surface area contributed by atoms with E-state index in [0.717, 1.165) is 11.3 Å². The highest BCUT2D eigenvalue weighted by molar-refractivity contribution is 5.94. The standard InChI is InChI=1S/C22H19N3O2/c1-16(17-9-4-2-5-10-17)23-22(26)20-15-19(21-13-8-14-27-21)24-25(20)18-11-6-3-7-12-18/h2-16H,1H3,(H,23,26)/t16-/m0/s1. The molecule has 0 aliphatic rings. The summed E-state index contributed by atoms with van der Waals surface area (Å²) in [6.45, 7) is 1.96. The molecule has 2 aromatic heterocycles. The number of carbonyl (C=O) groups excluding carboxylic acids is 1. The number of nitrogens with one attached hydrogen (secondary N) is 1. The molecule has 1 atom stereocenters. The smallest absolute Gasteiger partial charge is 0.270 e. The van der Waals surface area contributed by atoms with Crippen LogP contribution < -0.4 is 5.32 Å². The third kappa shape index (κ3) is 3.53. The molecule has 2 heterocycles. The van der Waals surface area contributed by atoms with Crippen LogP contribution in [0.4, 0.5) is 0 Å². The number of carbonyl (C=O) groups is 1. The number of hydrogen-bond acceptors (Lipinski definition) is 3. The van der Waals surface area contributed by atoms with Crippen molar-refractivity contribution in [3.63, 3.8) is 0 Å². The molecular weight excluding hydrogens is 338 g/mol. The molecular formula is C22H19N3O2. The van der Waals surface area contributed by atoms with Crippen LogP contribution >= 0.6 is 0 Å². The fourth-order valence-electron chi connectivity index (χ4n) is 2.95. The van der Waals surface area contributed by atoms with Gasteiger partial charge in [-0.3, -0.25) is 4.79 Å². The maximum Gasteiger partial charge on any atom is 0.270 e. The summed E-state index contributed by atoms with van der Waals surface area (Å²) in [7, 11) is 0. The Labute approximate surface area is 157 Å². The molecule has 0 aliphatic heterocycles. The van der Waals surface area contributed by atoms with Crippen molar-refractivity contribution in [3.05, 3.63) is 96.4 Å². The first-order chi connectivity index (χ1) is 13.2. The summed E-state index contributed by atoms with van der Waals surface area (Å²) in [5.41, 5.74) is 2.92. The quantitative estimate of drug-likeness (QED) is 0.567. The maximum absolute atomic E-state index is 13.0. The van der Waals surface area contributed by atoms with Gasteiger partial charge in [0.15, 0.2) is 5.76 Å². The van der Waals surface area contributed by atoms with Gasteiger partial charge < -0.3 is 9.73 Å². The highest BCUT2D eigenvalue weighted by Crippen LogP contribution is 2.23. The van der Waals surface area contributed by atoms with E-state index in [1.807, 2.05) is 73.7 Å². The van der Waals surface area contributed by atoms with Crippen molar-refractivity contribution >= 4 is 5.91 Å². The van der Waals surface area contributed by atoms with E-state index in [-0.39, 0.29) is 11.9 Å². The number of nitrogens with zero attached hydrogens (tertiary/aromatic N) is 2. The summed E-state index contributed by atoms with van der Waals surface area (Å²) in [5.74, 6) is 0.426. The summed E-state index contributed by atoms with van der Waals surface area (Å²) in [6, 6.07) is 24.7. The zero-order valence-electron chi connectivity index (χ0n) is 14.9. The fourth-order valence-corrected chi connectivity index (χ4v) is 2.95. The molecule has 0 spiro atoms. The Balaban J connectivity index is 1.69. The van der Waals surface area contributed by atoms with Gasteiger partial charge in [0.05, 0.1) is 18.0 Å². The van der Waals surface area contributed by atoms with Crippen molar-refractivity contribution in [1.29, 1.82) is 0 Å². The van der Waals surface area contributed by atoms with Gasteiger partial charge in [-0.2, -0.15) is 5.10 Å². The second-order valence-corrected chi connectivity index (χ2v) is 6.25. The van der Waals surface area contributed by atoms with Crippen molar-refractivity contribution in [1.82, 2.24) is 15.1 Å². The van der Waals surface area contributed by atoms with Crippen molar-refractivity contribution in [2.75, 3.05) is 0 Å². The Morgan fingerprint density at radius 2 is 1.70 bits per heavy atom. The number of amides is 1. The van der Waals surface area contributed by atoms with Crippen LogP contribution in [0.15, 0.2) is 89.5 Å². The molecule has 0 bridgehead atoms. The number of benzene rings is 2. The number of para-hydroxylation sites is 1. The molecule has 1 N–H and O–H groups in total. The number of hydrogen-bond donors (Lipinski definition) is 1. The molecule has 27 heavy (non-hydrogen) atoms. The average molecular weight is 357 g/mol. The molecule has 2 aromatic carbocycles. The maximum atomic E-state index is 13.0. The summed E-state index contributed by atoms with van der Waals surface area (Å²) in [4.78, 5) is 13.0. The molecule has 4 rings (SSSR count). The van der Waals surface area contributed by atoms with Gasteiger partial charge in [0.1, 0.15) is 11.4 Å². The van der Waals surface area contributed by atoms with E-state index in [1.165, 1.54) is 0 Å². The molecule has 0 fully saturated rings. The van der Waals surface area contributed by atoms with Crippen LogP contribution in [0.5, 0.6) is 0 Å². The largest absolute Gasteiger partial charge is 0.463 e. The Kier molecular flexibility index (Phi) is 4.58. The van der Waals surface area contributed by atoms with E-state index < -0.39 is 0 Å². The predicted molar refractivity (Wildman–Crippen MR) is 104 cm³/mol. The van der Waals surface area contributed by atoms with E-state index in [2.05, 4.69) is 10.4 Å². The summed E-state index contributed by atoms with van der Waals surface area (Å²) < 4.78 is 7.09. The topological polar surface area (TPSA) is 60.1 Å². The molecule has 134 valence electrons. The molecule has 4 aromatic rings. The molecule has 1 amide bonds. The molecule has 0 saturated carbocycles. The predicted octanol–water partition coefficient (Wildman–Crippen LogP) is 4.62. The Morgan fingerprint density at radius 1 is 1.00 bits per heavy atom. The van der Waals surface area contributed by atoms with Gasteiger partial charge in [-0.05, 0) is 36.8 Å². The fraction of sp³-hybridized carbons (Fsp3) is 0.0909. The number of rotatable bonds is 5. The summed E-state index contributed by atoms with van der Waals surface area (Å²) >= 11 is 0. The van der Waals surface area contributed by atoms with E-state index >= 15 is 0 Å². The van der Waals surface area contributed by atoms with Crippen LogP contribution in [0.2, 0.25) is 0 Å². The Bertz CT molecular complexity index is 1020. The lowest BCUT2D eigenvalue weighted by molar-refractivity contribution is 0.0932. The highest BCUT2D eigenvalue weighted by Gasteiger charge is 2.20. The van der Waals surface area contributed by atoms with E-state index in [0.29, 0.717) is 17.1 Å². The lowest BCUT2D eigenvalue weighted by Gasteiger charge is -2.15. The van der Waals surface area contributed by atoms with Crippen LogP contribution in [0.1, 0.15) is 29.0 Å². The summed E-state index contributed by atoms with van der Waals surface area (Å²) in [5, 5.41) is 7.64. The lowest BCUT2D eigenvalue weighted by atomic mass is 10.1. The number of aromatic nitrogens is 2. The van der Waals surface area contributed by atoms with Crippen LogP contribution in [0.3, 0.4) is 0 Å². The third-order valence-electron chi connectivity index (χ3n) is 4.36. The van der Waals surface area contributed by atoms with Gasteiger partial charge in [-0.25, -0.2) is 4.68 Å². The van der Waals surface area contributed by atoms with Crippen LogP contribution in [-0.4, -0.2) is 15.7 Å². The highest BCUT2D eigenvalue weighted by atomic mass is 16.3. The lowest BCUT2D eigenvalue weighted by Crippen LogP contribution is -2.28. The Morgan fingerprint density at radius 3 is 2.37 bits per heavy atom. The van der Waals surface area contributed by atoms with Gasteiger partial charge in [-0.15, -0.1) is 0 Å². The van der Waals surface area contributed by atoms with Crippen molar-refractivity contribution in [3.8, 4) is 17.1 Å². The monoisotopic (exact) mass is 357 g/mol. The van der Waals surface area contributed by atoms with Gasteiger partial charge in [0.25, 0.3) is 5.91 Å². The van der Waals surface area contributed by atoms with Gasteiger partial charge in [0, 0.05) is 6.07 Å². The Hall–Kier alpha value is -3.60. The van der Waals surface area contributed by atoms with Crippen LogP contribution in [0, 0.1) is 0 Å². The van der Waals surface area contributed by atoms with Gasteiger partial charge in [0.2, 0.25) is 0 Å². The minimum absolute atomic E-state index is 0.120. The zero-order valence-corrected chi connectivity index (χ0v) is 14.9. The normalized spacial score (nSPS) is 11.9. The second kappa shape index (κ2) is 7.33. The number of furan rings is 1. The first-order valence-corrected chi connectivity index (χ1v) is 8.77. The molecule has 0 unspecified atom stereocenters. The molecule has 5 heteroatoms. The van der Waals surface area contributed by atoms with E-state index in [9.17, 15) is 4.79 Å². The minimum atomic E-state index is -0.194. The molecule has 0 aliphatic carbocycles. The third-order valence-corrected chi connectivity index (χ3v) is 4.36. The van der Waals surface area contributed by atoms with E-state index in [1.54, 1.807) is 23.1 Å². The second-order valence-electron chi connectivity index (χ2n) is 6.25. The van der Waals surface area contributed by atoms with Crippen molar-refractivity contribution in [2.45, 2.75) is 13.0 Å². The molecule has 0 saturated heterocycles. The van der Waals surface area contributed by atoms with Crippen LogP contribution in [0.25, 0.3) is 17.1 Å². The van der Waals surface area contributed by atoms with E-state index in [4.69, 9.17) is 4.42 Å². The van der Waals surface area contributed by atoms with Gasteiger partial charge in [-0.1, -0.05) is 48.5 Å². The first kappa shape index (κ1) is 16.8. The molecule has 0 radical (unpaired) electrons.